The molecule has 0 aliphatic rings. The Morgan fingerprint density at radius 3 is 2.60 bits per heavy atom. The zero-order chi connectivity index (χ0) is 15.2. The van der Waals surface area contributed by atoms with E-state index in [0.717, 1.165) is 5.75 Å². The summed E-state index contributed by atoms with van der Waals surface area (Å²) in [4.78, 5) is 11.6. The Kier molecular flexibility index (Phi) is 6.02. The molecule has 112 valence electrons. The van der Waals surface area contributed by atoms with Crippen LogP contribution in [-0.2, 0) is 14.9 Å². The summed E-state index contributed by atoms with van der Waals surface area (Å²) >= 11 is 0. The van der Waals surface area contributed by atoms with E-state index in [1.54, 1.807) is 0 Å². The van der Waals surface area contributed by atoms with E-state index >= 15 is 0 Å². The maximum absolute atomic E-state index is 11.6. The fourth-order valence-electron chi connectivity index (χ4n) is 1.83. The van der Waals surface area contributed by atoms with Gasteiger partial charge in [0.1, 0.15) is 18.4 Å². The molecule has 0 aliphatic heterocycles. The number of rotatable bonds is 6. The lowest BCUT2D eigenvalue weighted by atomic mass is 9.87. The molecule has 1 aromatic rings. The molecule has 1 rings (SSSR count). The van der Waals surface area contributed by atoms with Crippen molar-refractivity contribution in [2.75, 3.05) is 20.3 Å². The molecule has 0 aromatic heterocycles. The van der Waals surface area contributed by atoms with Gasteiger partial charge in [-0.05, 0) is 29.7 Å². The van der Waals surface area contributed by atoms with Crippen LogP contribution in [0.1, 0.15) is 33.3 Å². The highest BCUT2D eigenvalue weighted by molar-refractivity contribution is 5.75. The van der Waals surface area contributed by atoms with Gasteiger partial charge in [-0.25, -0.2) is 0 Å². The highest BCUT2D eigenvalue weighted by Crippen LogP contribution is 2.25. The smallest absolute Gasteiger partial charge is 0.326 e. The number of likely N-dealkylation sites (N-methyl/N-ethyl adjacent to an activating group) is 1. The van der Waals surface area contributed by atoms with Gasteiger partial charge in [-0.1, -0.05) is 39.8 Å². The Hall–Kier alpha value is -1.55. The van der Waals surface area contributed by atoms with Crippen LogP contribution in [0.2, 0.25) is 0 Å². The van der Waals surface area contributed by atoms with Gasteiger partial charge in [-0.3, -0.25) is 4.79 Å². The lowest BCUT2D eigenvalue weighted by Gasteiger charge is -2.21. The molecule has 0 saturated carbocycles. The van der Waals surface area contributed by atoms with Gasteiger partial charge >= 0.3 is 5.97 Å². The Balaban J connectivity index is 2.71. The lowest BCUT2D eigenvalue weighted by molar-refractivity contribution is -0.143. The fraction of sp³-hybridized carbons (Fsp3) is 0.562. The van der Waals surface area contributed by atoms with Crippen LogP contribution < -0.4 is 10.1 Å². The van der Waals surface area contributed by atoms with Gasteiger partial charge in [-0.2, -0.15) is 0 Å². The summed E-state index contributed by atoms with van der Waals surface area (Å²) in [5.41, 5.74) is 1.27. The van der Waals surface area contributed by atoms with Crippen molar-refractivity contribution in [1.82, 2.24) is 5.32 Å². The predicted octanol–water partition coefficient (Wildman–Crippen LogP) is 2.51. The summed E-state index contributed by atoms with van der Waals surface area (Å²) in [5.74, 6) is 0.461. The zero-order valence-corrected chi connectivity index (χ0v) is 13.0. The SMILES string of the molecule is CCNC(COc1cccc(C(C)(C)C)c1)C(=O)OC. The van der Waals surface area contributed by atoms with E-state index in [2.05, 4.69) is 32.2 Å². The molecular weight excluding hydrogens is 254 g/mol. The van der Waals surface area contributed by atoms with Gasteiger partial charge < -0.3 is 14.8 Å². The van der Waals surface area contributed by atoms with E-state index in [1.165, 1.54) is 12.7 Å². The highest BCUT2D eigenvalue weighted by atomic mass is 16.5. The molecule has 0 fully saturated rings. The number of nitrogens with one attached hydrogen (secondary N) is 1. The average Bonchev–Trinajstić information content (AvgIpc) is 2.42. The molecule has 0 heterocycles. The number of esters is 1. The molecule has 20 heavy (non-hydrogen) atoms. The first kappa shape index (κ1) is 16.5. The number of hydrogen-bond acceptors (Lipinski definition) is 4. The average molecular weight is 279 g/mol. The summed E-state index contributed by atoms with van der Waals surface area (Å²) in [5, 5.41) is 3.05. The molecule has 0 saturated heterocycles. The number of ether oxygens (including phenoxy) is 2. The second-order valence-corrected chi connectivity index (χ2v) is 5.72. The van der Waals surface area contributed by atoms with E-state index in [-0.39, 0.29) is 18.0 Å². The van der Waals surface area contributed by atoms with E-state index in [1.807, 2.05) is 25.1 Å². The van der Waals surface area contributed by atoms with Gasteiger partial charge in [-0.15, -0.1) is 0 Å². The van der Waals surface area contributed by atoms with Crippen LogP contribution in [0, 0.1) is 0 Å². The number of carbonyl (C=O) groups excluding carboxylic acids is 1. The number of benzene rings is 1. The van der Waals surface area contributed by atoms with Crippen LogP contribution in [0.15, 0.2) is 24.3 Å². The van der Waals surface area contributed by atoms with E-state index in [4.69, 9.17) is 9.47 Å². The first-order chi connectivity index (χ1) is 9.38. The molecule has 1 atom stereocenters. The number of carbonyl (C=O) groups is 1. The Morgan fingerprint density at radius 1 is 1.35 bits per heavy atom. The lowest BCUT2D eigenvalue weighted by Crippen LogP contribution is -2.42. The summed E-state index contributed by atoms with van der Waals surface area (Å²) in [7, 11) is 1.38. The third kappa shape index (κ3) is 4.85. The van der Waals surface area contributed by atoms with Crippen LogP contribution in [0.3, 0.4) is 0 Å². The molecule has 0 aliphatic carbocycles. The van der Waals surface area contributed by atoms with Crippen molar-refractivity contribution in [1.29, 1.82) is 0 Å². The van der Waals surface area contributed by atoms with Gasteiger partial charge in [0.2, 0.25) is 0 Å². The largest absolute Gasteiger partial charge is 0.491 e. The third-order valence-electron chi connectivity index (χ3n) is 3.05. The van der Waals surface area contributed by atoms with Crippen LogP contribution in [-0.4, -0.2) is 32.3 Å². The molecular formula is C16H25NO3. The second-order valence-electron chi connectivity index (χ2n) is 5.72. The molecule has 0 spiro atoms. The molecule has 4 heteroatoms. The van der Waals surface area contributed by atoms with E-state index in [9.17, 15) is 4.79 Å². The Bertz CT molecular complexity index is 438. The van der Waals surface area contributed by atoms with Crippen molar-refractivity contribution in [2.24, 2.45) is 0 Å². The van der Waals surface area contributed by atoms with Crippen LogP contribution >= 0.6 is 0 Å². The van der Waals surface area contributed by atoms with E-state index in [0.29, 0.717) is 6.54 Å². The molecule has 0 radical (unpaired) electrons. The van der Waals surface area contributed by atoms with E-state index < -0.39 is 6.04 Å². The van der Waals surface area contributed by atoms with Gasteiger partial charge in [0.25, 0.3) is 0 Å². The number of hydrogen-bond donors (Lipinski definition) is 1. The summed E-state index contributed by atoms with van der Waals surface area (Å²) in [6.07, 6.45) is 0. The minimum Gasteiger partial charge on any atom is -0.491 e. The summed E-state index contributed by atoms with van der Waals surface area (Å²) < 4.78 is 10.5. The zero-order valence-electron chi connectivity index (χ0n) is 13.0. The molecule has 1 N–H and O–H groups in total. The monoisotopic (exact) mass is 279 g/mol. The first-order valence-corrected chi connectivity index (χ1v) is 6.93. The first-order valence-electron chi connectivity index (χ1n) is 6.93. The van der Waals surface area contributed by atoms with Crippen LogP contribution in [0.4, 0.5) is 0 Å². The van der Waals surface area contributed by atoms with Crippen molar-refractivity contribution in [3.8, 4) is 5.75 Å². The van der Waals surface area contributed by atoms with Crippen molar-refractivity contribution in [3.05, 3.63) is 29.8 Å². The van der Waals surface area contributed by atoms with Gasteiger partial charge in [0, 0.05) is 0 Å². The minimum atomic E-state index is -0.441. The summed E-state index contributed by atoms with van der Waals surface area (Å²) in [6.45, 7) is 9.35. The molecule has 1 unspecified atom stereocenters. The topological polar surface area (TPSA) is 47.6 Å². The highest BCUT2D eigenvalue weighted by Gasteiger charge is 2.19. The minimum absolute atomic E-state index is 0.0722. The predicted molar refractivity (Wildman–Crippen MR) is 80.1 cm³/mol. The van der Waals surface area contributed by atoms with Gasteiger partial charge in [0.05, 0.1) is 7.11 Å². The van der Waals surface area contributed by atoms with Crippen LogP contribution in [0.25, 0.3) is 0 Å². The third-order valence-corrected chi connectivity index (χ3v) is 3.05. The second kappa shape index (κ2) is 7.29. The Labute approximate surface area is 121 Å². The maximum atomic E-state index is 11.6. The maximum Gasteiger partial charge on any atom is 0.326 e. The van der Waals surface area contributed by atoms with Gasteiger partial charge in [0.15, 0.2) is 0 Å². The van der Waals surface area contributed by atoms with Crippen molar-refractivity contribution >= 4 is 5.97 Å². The normalized spacial score (nSPS) is 12.8. The molecule has 0 bridgehead atoms. The fourth-order valence-corrected chi connectivity index (χ4v) is 1.83. The van der Waals surface area contributed by atoms with Crippen molar-refractivity contribution in [3.63, 3.8) is 0 Å². The van der Waals surface area contributed by atoms with Crippen molar-refractivity contribution < 1.29 is 14.3 Å². The van der Waals surface area contributed by atoms with Crippen molar-refractivity contribution in [2.45, 2.75) is 39.2 Å². The molecule has 1 aromatic carbocycles. The number of methoxy groups -OCH3 is 1. The molecule has 0 amide bonds. The summed E-state index contributed by atoms with van der Waals surface area (Å²) in [6, 6.07) is 7.52. The standard InChI is InChI=1S/C16H25NO3/c1-6-17-14(15(18)19-5)11-20-13-9-7-8-12(10-13)16(2,3)4/h7-10,14,17H,6,11H2,1-5H3. The van der Waals surface area contributed by atoms with Crippen LogP contribution in [0.5, 0.6) is 5.75 Å². The quantitative estimate of drug-likeness (QED) is 0.813. The Morgan fingerprint density at radius 2 is 2.05 bits per heavy atom. The molecule has 4 nitrogen and oxygen atoms in total.